The lowest BCUT2D eigenvalue weighted by molar-refractivity contribution is 0.471. The molecule has 4 nitrogen and oxygen atoms in total. The number of nitrogens with zero attached hydrogens (tertiary/aromatic N) is 3. The zero-order valence-corrected chi connectivity index (χ0v) is 18.3. The summed E-state index contributed by atoms with van der Waals surface area (Å²) < 4.78 is 1.12. The Balaban J connectivity index is 0.00000242. The molecule has 0 aliphatic rings. The summed E-state index contributed by atoms with van der Waals surface area (Å²) in [5.41, 5.74) is 1.09. The summed E-state index contributed by atoms with van der Waals surface area (Å²) in [7, 11) is 2.04. The van der Waals surface area contributed by atoms with Crippen molar-refractivity contribution >= 4 is 68.5 Å². The van der Waals surface area contributed by atoms with Crippen molar-refractivity contribution in [3.8, 4) is 0 Å². The number of hydrogen-bond acceptors (Lipinski definition) is 4. The Hall–Kier alpha value is -0.190. The van der Waals surface area contributed by atoms with E-state index in [-0.39, 0.29) is 24.0 Å². The maximum absolute atomic E-state index is 4.70. The molecule has 2 heterocycles. The van der Waals surface area contributed by atoms with Gasteiger partial charge in [0.25, 0.3) is 0 Å². The molecule has 0 spiro atoms. The normalized spacial score (nSPS) is 11.2. The van der Waals surface area contributed by atoms with E-state index < -0.39 is 0 Å². The summed E-state index contributed by atoms with van der Waals surface area (Å²) in [5.74, 6) is 0.910. The van der Waals surface area contributed by atoms with Crippen LogP contribution in [0.25, 0.3) is 0 Å². The van der Waals surface area contributed by atoms with E-state index in [1.807, 2.05) is 14.0 Å². The first-order valence-electron chi connectivity index (χ1n) is 6.72. The molecular formula is C14H20BrIN4S2. The SMILES string of the molecule is CCNC(=NCc1cc(Br)cs1)N(C)Cc1csc(C)n1.I. The Bertz CT molecular complexity index is 612. The molecule has 2 rings (SSSR count). The smallest absolute Gasteiger partial charge is 0.194 e. The Labute approximate surface area is 165 Å². The summed E-state index contributed by atoms with van der Waals surface area (Å²) >= 11 is 6.87. The number of nitrogens with one attached hydrogen (secondary N) is 1. The topological polar surface area (TPSA) is 40.5 Å². The second kappa shape index (κ2) is 9.84. The number of halogens is 2. The van der Waals surface area contributed by atoms with Crippen molar-refractivity contribution in [3.63, 3.8) is 0 Å². The van der Waals surface area contributed by atoms with Crippen molar-refractivity contribution in [3.05, 3.63) is 36.9 Å². The lowest BCUT2D eigenvalue weighted by Gasteiger charge is -2.21. The van der Waals surface area contributed by atoms with E-state index in [0.717, 1.165) is 34.2 Å². The van der Waals surface area contributed by atoms with Gasteiger partial charge in [-0.05, 0) is 35.8 Å². The fourth-order valence-corrected chi connectivity index (χ4v) is 3.84. The molecule has 8 heteroatoms. The van der Waals surface area contributed by atoms with Gasteiger partial charge >= 0.3 is 0 Å². The van der Waals surface area contributed by atoms with Gasteiger partial charge in [-0.25, -0.2) is 9.98 Å². The van der Waals surface area contributed by atoms with E-state index in [9.17, 15) is 0 Å². The molecule has 2 aromatic heterocycles. The van der Waals surface area contributed by atoms with Crippen LogP contribution in [-0.2, 0) is 13.1 Å². The van der Waals surface area contributed by atoms with Crippen LogP contribution in [0, 0.1) is 6.92 Å². The van der Waals surface area contributed by atoms with Gasteiger partial charge in [0.1, 0.15) is 0 Å². The van der Waals surface area contributed by atoms with Crippen molar-refractivity contribution in [2.24, 2.45) is 4.99 Å². The molecule has 1 N–H and O–H groups in total. The van der Waals surface area contributed by atoms with Crippen LogP contribution in [0.4, 0.5) is 0 Å². The van der Waals surface area contributed by atoms with Crippen LogP contribution in [0.5, 0.6) is 0 Å². The number of guanidine groups is 1. The van der Waals surface area contributed by atoms with Crippen LogP contribution >= 0.6 is 62.6 Å². The van der Waals surface area contributed by atoms with Crippen LogP contribution in [0.1, 0.15) is 22.5 Å². The molecule has 0 aliphatic heterocycles. The summed E-state index contributed by atoms with van der Waals surface area (Å²) in [6, 6.07) is 2.11. The zero-order chi connectivity index (χ0) is 15.2. The molecule has 2 aromatic rings. The summed E-state index contributed by atoms with van der Waals surface area (Å²) in [5, 5.41) is 8.62. The number of aromatic nitrogens is 1. The maximum Gasteiger partial charge on any atom is 0.194 e. The quantitative estimate of drug-likeness (QED) is 0.363. The van der Waals surface area contributed by atoms with Gasteiger partial charge in [-0.3, -0.25) is 0 Å². The second-order valence-electron chi connectivity index (χ2n) is 4.62. The standard InChI is InChI=1S/C14H19BrN4S2.HI/c1-4-16-14(17-6-13-5-11(15)8-21-13)19(3)7-12-9-20-10(2)18-12;/h5,8-9H,4,6-7H2,1-3H3,(H,16,17);1H. The van der Waals surface area contributed by atoms with Gasteiger partial charge in [0, 0.05) is 33.7 Å². The summed E-state index contributed by atoms with van der Waals surface area (Å²) in [6.07, 6.45) is 0. The minimum atomic E-state index is 0. The van der Waals surface area contributed by atoms with E-state index in [4.69, 9.17) is 4.99 Å². The van der Waals surface area contributed by atoms with E-state index in [0.29, 0.717) is 6.54 Å². The summed E-state index contributed by atoms with van der Waals surface area (Å²) in [6.45, 7) is 6.43. The van der Waals surface area contributed by atoms with Crippen LogP contribution < -0.4 is 5.32 Å². The molecule has 0 bridgehead atoms. The number of thiazole rings is 1. The van der Waals surface area contributed by atoms with Gasteiger partial charge in [-0.1, -0.05) is 0 Å². The predicted molar refractivity (Wildman–Crippen MR) is 111 cm³/mol. The summed E-state index contributed by atoms with van der Waals surface area (Å²) in [4.78, 5) is 12.6. The van der Waals surface area contributed by atoms with Crippen LogP contribution in [-0.4, -0.2) is 29.4 Å². The largest absolute Gasteiger partial charge is 0.357 e. The van der Waals surface area contributed by atoms with Gasteiger partial charge in [0.2, 0.25) is 0 Å². The highest BCUT2D eigenvalue weighted by molar-refractivity contribution is 14.0. The molecular weight excluding hydrogens is 495 g/mol. The lowest BCUT2D eigenvalue weighted by Crippen LogP contribution is -2.38. The highest BCUT2D eigenvalue weighted by Crippen LogP contribution is 2.20. The number of aliphatic imine (C=N–C) groups is 1. The third kappa shape index (κ3) is 6.13. The Kier molecular flexibility index (Phi) is 8.88. The van der Waals surface area contributed by atoms with Crippen molar-refractivity contribution < 1.29 is 0 Å². The van der Waals surface area contributed by atoms with E-state index in [1.165, 1.54) is 4.88 Å². The molecule has 0 aliphatic carbocycles. The Morgan fingerprint density at radius 2 is 2.18 bits per heavy atom. The number of aryl methyl sites for hydroxylation is 1. The first-order chi connectivity index (χ1) is 10.1. The van der Waals surface area contributed by atoms with Crippen molar-refractivity contribution in [1.82, 2.24) is 15.2 Å². The maximum atomic E-state index is 4.70. The first-order valence-corrected chi connectivity index (χ1v) is 9.27. The first kappa shape index (κ1) is 19.9. The predicted octanol–water partition coefficient (Wildman–Crippen LogP) is 4.49. The van der Waals surface area contributed by atoms with Crippen LogP contribution in [0.2, 0.25) is 0 Å². The van der Waals surface area contributed by atoms with E-state index >= 15 is 0 Å². The number of thiophene rings is 1. The highest BCUT2D eigenvalue weighted by atomic mass is 127. The minimum absolute atomic E-state index is 0. The molecule has 0 saturated carbocycles. The monoisotopic (exact) mass is 514 g/mol. The molecule has 122 valence electrons. The highest BCUT2D eigenvalue weighted by Gasteiger charge is 2.08. The molecule has 0 fully saturated rings. The zero-order valence-electron chi connectivity index (χ0n) is 12.8. The Morgan fingerprint density at radius 1 is 1.41 bits per heavy atom. The lowest BCUT2D eigenvalue weighted by atomic mass is 10.4. The minimum Gasteiger partial charge on any atom is -0.357 e. The molecule has 0 atom stereocenters. The average molecular weight is 515 g/mol. The fraction of sp³-hybridized carbons (Fsp3) is 0.429. The number of hydrogen-bond donors (Lipinski definition) is 1. The second-order valence-corrected chi connectivity index (χ2v) is 7.59. The molecule has 22 heavy (non-hydrogen) atoms. The third-order valence-electron chi connectivity index (χ3n) is 2.77. The van der Waals surface area contributed by atoms with Crippen molar-refractivity contribution in [2.45, 2.75) is 26.9 Å². The fourth-order valence-electron chi connectivity index (χ4n) is 1.86. The molecule has 0 saturated heterocycles. The molecule has 0 unspecified atom stereocenters. The van der Waals surface area contributed by atoms with Gasteiger partial charge in [-0.15, -0.1) is 46.7 Å². The van der Waals surface area contributed by atoms with Gasteiger partial charge in [0.15, 0.2) is 5.96 Å². The number of rotatable bonds is 5. The van der Waals surface area contributed by atoms with Gasteiger partial charge < -0.3 is 10.2 Å². The average Bonchev–Trinajstić information content (AvgIpc) is 3.03. The molecule has 0 aromatic carbocycles. The van der Waals surface area contributed by atoms with Crippen molar-refractivity contribution in [1.29, 1.82) is 0 Å². The van der Waals surface area contributed by atoms with E-state index in [1.54, 1.807) is 22.7 Å². The van der Waals surface area contributed by atoms with Gasteiger partial charge in [0.05, 0.1) is 23.8 Å². The third-order valence-corrected chi connectivity index (χ3v) is 5.27. The van der Waals surface area contributed by atoms with Crippen molar-refractivity contribution in [2.75, 3.05) is 13.6 Å². The Morgan fingerprint density at radius 3 is 2.73 bits per heavy atom. The molecule has 0 amide bonds. The van der Waals surface area contributed by atoms with Crippen LogP contribution in [0.3, 0.4) is 0 Å². The van der Waals surface area contributed by atoms with Crippen LogP contribution in [0.15, 0.2) is 26.3 Å². The van der Waals surface area contributed by atoms with E-state index in [2.05, 4.69) is 54.9 Å². The molecule has 0 radical (unpaired) electrons. The van der Waals surface area contributed by atoms with Gasteiger partial charge in [-0.2, -0.15) is 0 Å².